The van der Waals surface area contributed by atoms with Gasteiger partial charge in [-0.15, -0.1) is 0 Å². The fourth-order valence-electron chi connectivity index (χ4n) is 2.24. The molecule has 1 N–H and O–H groups in total. The van der Waals surface area contributed by atoms with E-state index in [9.17, 15) is 4.39 Å². The van der Waals surface area contributed by atoms with Crippen molar-refractivity contribution < 1.29 is 4.39 Å². The molecule has 0 aliphatic heterocycles. The first kappa shape index (κ1) is 14.9. The monoisotopic (exact) mass is 291 g/mol. The molecule has 0 amide bonds. The maximum Gasteiger partial charge on any atom is 0.126 e. The predicted molar refractivity (Wildman–Crippen MR) is 83.9 cm³/mol. The highest BCUT2D eigenvalue weighted by Gasteiger charge is 2.11. The highest BCUT2D eigenvalue weighted by atomic mass is 35.5. The molecule has 0 spiro atoms. The summed E-state index contributed by atoms with van der Waals surface area (Å²) in [6.45, 7) is 3.93. The molecule has 0 aromatic heterocycles. The van der Waals surface area contributed by atoms with Crippen LogP contribution in [0, 0.1) is 12.7 Å². The molecule has 0 aliphatic rings. The van der Waals surface area contributed by atoms with Crippen molar-refractivity contribution in [3.8, 4) is 0 Å². The van der Waals surface area contributed by atoms with E-state index in [-0.39, 0.29) is 11.9 Å². The molecule has 0 bridgehead atoms. The Morgan fingerprint density at radius 1 is 1.15 bits per heavy atom. The molecule has 2 rings (SSSR count). The number of aryl methyl sites for hydroxylation is 1. The Morgan fingerprint density at radius 3 is 2.45 bits per heavy atom. The van der Waals surface area contributed by atoms with Gasteiger partial charge in [-0.25, -0.2) is 4.39 Å². The molecule has 0 radical (unpaired) electrons. The van der Waals surface area contributed by atoms with Crippen LogP contribution in [0.2, 0.25) is 5.02 Å². The normalized spacial score (nSPS) is 12.2. The van der Waals surface area contributed by atoms with Crippen LogP contribution in [-0.2, 0) is 0 Å². The Hall–Kier alpha value is -1.54. The van der Waals surface area contributed by atoms with Crippen molar-refractivity contribution >= 4 is 17.3 Å². The zero-order valence-electron chi connectivity index (χ0n) is 11.8. The third-order valence-electron chi connectivity index (χ3n) is 3.35. The summed E-state index contributed by atoms with van der Waals surface area (Å²) in [5.41, 5.74) is 2.79. The number of rotatable bonds is 5. The summed E-state index contributed by atoms with van der Waals surface area (Å²) in [6, 6.07) is 13.2. The van der Waals surface area contributed by atoms with Crippen LogP contribution < -0.4 is 5.32 Å². The number of nitrogens with one attached hydrogen (secondary N) is 1. The molecular weight excluding hydrogens is 273 g/mol. The van der Waals surface area contributed by atoms with Gasteiger partial charge in [-0.05, 0) is 54.8 Å². The van der Waals surface area contributed by atoms with Crippen LogP contribution in [0.4, 0.5) is 10.1 Å². The van der Waals surface area contributed by atoms with Gasteiger partial charge in [0.2, 0.25) is 0 Å². The second kappa shape index (κ2) is 6.76. The van der Waals surface area contributed by atoms with E-state index >= 15 is 0 Å². The Morgan fingerprint density at radius 2 is 1.85 bits per heavy atom. The van der Waals surface area contributed by atoms with E-state index in [0.717, 1.165) is 23.6 Å². The lowest BCUT2D eigenvalue weighted by molar-refractivity contribution is 0.618. The van der Waals surface area contributed by atoms with Crippen LogP contribution in [0.25, 0.3) is 0 Å². The lowest BCUT2D eigenvalue weighted by Gasteiger charge is -2.20. The van der Waals surface area contributed by atoms with Crippen molar-refractivity contribution in [3.63, 3.8) is 0 Å². The quantitative estimate of drug-likeness (QED) is 0.740. The number of anilines is 1. The molecule has 0 saturated heterocycles. The molecule has 1 nitrogen and oxygen atoms in total. The van der Waals surface area contributed by atoms with Crippen molar-refractivity contribution in [3.05, 3.63) is 64.4 Å². The lowest BCUT2D eigenvalue weighted by Crippen LogP contribution is -2.10. The molecule has 0 aliphatic carbocycles. The average molecular weight is 292 g/mol. The molecule has 1 atom stereocenters. The molecule has 2 aromatic carbocycles. The van der Waals surface area contributed by atoms with Gasteiger partial charge in [-0.3, -0.25) is 0 Å². The van der Waals surface area contributed by atoms with Gasteiger partial charge in [-0.1, -0.05) is 37.1 Å². The fraction of sp³-hybridized carbons (Fsp3) is 0.294. The summed E-state index contributed by atoms with van der Waals surface area (Å²) in [5, 5.41) is 4.21. The Bertz CT molecular complexity index is 566. The third-order valence-corrected chi connectivity index (χ3v) is 3.60. The van der Waals surface area contributed by atoms with Crippen LogP contribution >= 0.6 is 11.6 Å². The van der Waals surface area contributed by atoms with Gasteiger partial charge in [0, 0.05) is 10.7 Å². The average Bonchev–Trinajstić information content (AvgIpc) is 2.43. The first-order valence-electron chi connectivity index (χ1n) is 6.88. The molecule has 0 saturated carbocycles. The SMILES string of the molecule is CCCC(Nc1ccc(F)c(C)c1)c1ccc(Cl)cc1. The molecule has 1 unspecified atom stereocenters. The van der Waals surface area contributed by atoms with E-state index < -0.39 is 0 Å². The molecule has 3 heteroatoms. The Labute approximate surface area is 124 Å². The second-order valence-electron chi connectivity index (χ2n) is 5.00. The molecule has 20 heavy (non-hydrogen) atoms. The highest BCUT2D eigenvalue weighted by Crippen LogP contribution is 2.26. The van der Waals surface area contributed by atoms with Gasteiger partial charge in [0.1, 0.15) is 5.82 Å². The Kier molecular flexibility index (Phi) is 5.02. The number of hydrogen-bond donors (Lipinski definition) is 1. The van der Waals surface area contributed by atoms with Crippen LogP contribution in [0.15, 0.2) is 42.5 Å². The molecule has 106 valence electrons. The van der Waals surface area contributed by atoms with E-state index in [4.69, 9.17) is 11.6 Å². The molecule has 0 heterocycles. The van der Waals surface area contributed by atoms with Gasteiger partial charge < -0.3 is 5.32 Å². The van der Waals surface area contributed by atoms with Crippen LogP contribution in [0.1, 0.15) is 36.9 Å². The van der Waals surface area contributed by atoms with Crippen molar-refractivity contribution in [2.45, 2.75) is 32.7 Å². The topological polar surface area (TPSA) is 12.0 Å². The van der Waals surface area contributed by atoms with Crippen LogP contribution in [0.5, 0.6) is 0 Å². The number of halogens is 2. The minimum absolute atomic E-state index is 0.172. The minimum atomic E-state index is -0.172. The number of benzene rings is 2. The summed E-state index contributed by atoms with van der Waals surface area (Å²) >= 11 is 5.93. The van der Waals surface area contributed by atoms with E-state index in [1.54, 1.807) is 13.0 Å². The van der Waals surface area contributed by atoms with Gasteiger partial charge in [0.25, 0.3) is 0 Å². The molecule has 0 fully saturated rings. The summed E-state index contributed by atoms with van der Waals surface area (Å²) < 4.78 is 13.3. The summed E-state index contributed by atoms with van der Waals surface area (Å²) in [5.74, 6) is -0.172. The van der Waals surface area contributed by atoms with Crippen molar-refractivity contribution in [2.75, 3.05) is 5.32 Å². The summed E-state index contributed by atoms with van der Waals surface area (Å²) in [7, 11) is 0. The summed E-state index contributed by atoms with van der Waals surface area (Å²) in [6.07, 6.45) is 2.08. The standard InChI is InChI=1S/C17H19ClFN/c1-3-4-17(13-5-7-14(18)8-6-13)20-15-9-10-16(19)12(2)11-15/h5-11,17,20H,3-4H2,1-2H3. The predicted octanol–water partition coefficient (Wildman–Crippen LogP) is 5.74. The smallest absolute Gasteiger partial charge is 0.126 e. The van der Waals surface area contributed by atoms with Crippen molar-refractivity contribution in [1.29, 1.82) is 0 Å². The highest BCUT2D eigenvalue weighted by molar-refractivity contribution is 6.30. The first-order valence-corrected chi connectivity index (χ1v) is 7.26. The third kappa shape index (κ3) is 3.73. The minimum Gasteiger partial charge on any atom is -0.378 e. The van der Waals surface area contributed by atoms with Crippen molar-refractivity contribution in [1.82, 2.24) is 0 Å². The Balaban J connectivity index is 2.20. The second-order valence-corrected chi connectivity index (χ2v) is 5.44. The zero-order valence-corrected chi connectivity index (χ0v) is 12.5. The van der Waals surface area contributed by atoms with Gasteiger partial charge in [0.05, 0.1) is 6.04 Å². The maximum atomic E-state index is 13.3. The van der Waals surface area contributed by atoms with Crippen molar-refractivity contribution in [2.24, 2.45) is 0 Å². The van der Waals surface area contributed by atoms with E-state index in [1.807, 2.05) is 30.3 Å². The van der Waals surface area contributed by atoms with Crippen LogP contribution in [0.3, 0.4) is 0 Å². The fourth-order valence-corrected chi connectivity index (χ4v) is 2.37. The number of hydrogen-bond acceptors (Lipinski definition) is 1. The molecular formula is C17H19ClFN. The largest absolute Gasteiger partial charge is 0.378 e. The maximum absolute atomic E-state index is 13.3. The first-order chi connectivity index (χ1) is 9.60. The van der Waals surface area contributed by atoms with Gasteiger partial charge >= 0.3 is 0 Å². The van der Waals surface area contributed by atoms with E-state index in [1.165, 1.54) is 11.6 Å². The van der Waals surface area contributed by atoms with E-state index in [0.29, 0.717) is 5.56 Å². The molecule has 2 aromatic rings. The summed E-state index contributed by atoms with van der Waals surface area (Å²) in [4.78, 5) is 0. The van der Waals surface area contributed by atoms with Crippen LogP contribution in [-0.4, -0.2) is 0 Å². The van der Waals surface area contributed by atoms with Gasteiger partial charge in [0.15, 0.2) is 0 Å². The van der Waals surface area contributed by atoms with Gasteiger partial charge in [-0.2, -0.15) is 0 Å². The van der Waals surface area contributed by atoms with E-state index in [2.05, 4.69) is 12.2 Å². The lowest BCUT2D eigenvalue weighted by atomic mass is 10.0. The zero-order chi connectivity index (χ0) is 14.5.